The van der Waals surface area contributed by atoms with Gasteiger partial charge in [-0.25, -0.2) is 0 Å². The maximum absolute atomic E-state index is 11.2. The van der Waals surface area contributed by atoms with Crippen molar-refractivity contribution in [3.63, 3.8) is 0 Å². The van der Waals surface area contributed by atoms with E-state index in [1.165, 1.54) is 0 Å². The quantitative estimate of drug-likeness (QED) is 0.718. The number of aromatic hydroxyl groups is 1. The molecular formula is C13H20N2O2. The van der Waals surface area contributed by atoms with Crippen LogP contribution in [0.4, 0.5) is 0 Å². The molecule has 1 aromatic carbocycles. The number of hydrogen-bond acceptors (Lipinski definition) is 3. The molecule has 4 heteroatoms. The molecule has 1 unspecified atom stereocenters. The molecule has 0 aliphatic heterocycles. The first-order valence-corrected chi connectivity index (χ1v) is 5.67. The van der Waals surface area contributed by atoms with Gasteiger partial charge < -0.3 is 16.2 Å². The Labute approximate surface area is 102 Å². The lowest BCUT2D eigenvalue weighted by Crippen LogP contribution is -2.54. The number of nitrogens with two attached hydrogens (primary N) is 1. The Hall–Kier alpha value is -1.55. The lowest BCUT2D eigenvalue weighted by Gasteiger charge is -2.27. The Balaban J connectivity index is 2.58. The molecule has 0 saturated heterocycles. The van der Waals surface area contributed by atoms with Gasteiger partial charge in [0, 0.05) is 6.04 Å². The number of carbonyl (C=O) groups excluding carboxylic acids is 1. The fourth-order valence-corrected chi connectivity index (χ4v) is 1.72. The fourth-order valence-electron chi connectivity index (χ4n) is 1.72. The first-order chi connectivity index (χ1) is 7.81. The molecule has 0 aliphatic carbocycles. The van der Waals surface area contributed by atoms with Crippen LogP contribution in [0.15, 0.2) is 24.3 Å². The first kappa shape index (κ1) is 13.5. The molecular weight excluding hydrogens is 216 g/mol. The smallest absolute Gasteiger partial charge is 0.237 e. The van der Waals surface area contributed by atoms with Gasteiger partial charge in [-0.05, 0) is 44.9 Å². The highest BCUT2D eigenvalue weighted by Gasteiger charge is 2.26. The number of benzene rings is 1. The van der Waals surface area contributed by atoms with E-state index in [1.54, 1.807) is 26.0 Å². The van der Waals surface area contributed by atoms with Crippen molar-refractivity contribution in [3.8, 4) is 5.75 Å². The molecule has 17 heavy (non-hydrogen) atoms. The third-order valence-electron chi connectivity index (χ3n) is 2.70. The second-order valence-corrected chi connectivity index (χ2v) is 4.91. The lowest BCUT2D eigenvalue weighted by molar-refractivity contribution is -0.123. The highest BCUT2D eigenvalue weighted by molar-refractivity contribution is 5.83. The summed E-state index contributed by atoms with van der Waals surface area (Å²) in [4.78, 5) is 11.2. The van der Waals surface area contributed by atoms with Crippen LogP contribution in [-0.2, 0) is 11.2 Å². The SMILES string of the molecule is CC(Cc1ccc(O)cc1)NC(C)(C)C(N)=O. The van der Waals surface area contributed by atoms with Crippen molar-refractivity contribution in [1.82, 2.24) is 5.32 Å². The third-order valence-corrected chi connectivity index (χ3v) is 2.70. The normalized spacial score (nSPS) is 13.4. The first-order valence-electron chi connectivity index (χ1n) is 5.67. The van der Waals surface area contributed by atoms with Gasteiger partial charge in [-0.3, -0.25) is 4.79 Å². The van der Waals surface area contributed by atoms with Gasteiger partial charge in [0.2, 0.25) is 5.91 Å². The largest absolute Gasteiger partial charge is 0.508 e. The van der Waals surface area contributed by atoms with Crippen molar-refractivity contribution < 1.29 is 9.90 Å². The van der Waals surface area contributed by atoms with Gasteiger partial charge in [-0.2, -0.15) is 0 Å². The molecule has 0 saturated carbocycles. The molecule has 0 aliphatic rings. The predicted octanol–water partition coefficient (Wildman–Crippen LogP) is 1.18. The minimum Gasteiger partial charge on any atom is -0.508 e. The molecule has 1 aromatic rings. The summed E-state index contributed by atoms with van der Waals surface area (Å²) in [7, 11) is 0. The standard InChI is InChI=1S/C13H20N2O2/c1-9(15-13(2,3)12(14)17)8-10-4-6-11(16)7-5-10/h4-7,9,15-16H,8H2,1-3H3,(H2,14,17). The molecule has 1 amide bonds. The van der Waals surface area contributed by atoms with Crippen molar-refractivity contribution in [2.75, 3.05) is 0 Å². The van der Waals surface area contributed by atoms with E-state index in [1.807, 2.05) is 19.1 Å². The molecule has 0 bridgehead atoms. The second-order valence-electron chi connectivity index (χ2n) is 4.91. The highest BCUT2D eigenvalue weighted by Crippen LogP contribution is 2.12. The molecule has 0 heterocycles. The number of phenols is 1. The zero-order valence-electron chi connectivity index (χ0n) is 10.5. The van der Waals surface area contributed by atoms with Crippen LogP contribution in [-0.4, -0.2) is 22.6 Å². The van der Waals surface area contributed by atoms with Crippen LogP contribution in [0.2, 0.25) is 0 Å². The number of nitrogens with one attached hydrogen (secondary N) is 1. The maximum atomic E-state index is 11.2. The molecule has 1 atom stereocenters. The second kappa shape index (κ2) is 5.19. The topological polar surface area (TPSA) is 75.3 Å². The lowest BCUT2D eigenvalue weighted by atomic mass is 10.0. The van der Waals surface area contributed by atoms with Gasteiger partial charge in [-0.15, -0.1) is 0 Å². The van der Waals surface area contributed by atoms with Crippen LogP contribution in [0.3, 0.4) is 0 Å². The van der Waals surface area contributed by atoms with E-state index in [0.717, 1.165) is 12.0 Å². The van der Waals surface area contributed by atoms with Crippen LogP contribution in [0.5, 0.6) is 5.75 Å². The zero-order chi connectivity index (χ0) is 13.1. The highest BCUT2D eigenvalue weighted by atomic mass is 16.3. The number of phenolic OH excluding ortho intramolecular Hbond substituents is 1. The van der Waals surface area contributed by atoms with E-state index >= 15 is 0 Å². The summed E-state index contributed by atoms with van der Waals surface area (Å²) < 4.78 is 0. The van der Waals surface area contributed by atoms with Gasteiger partial charge in [0.05, 0.1) is 5.54 Å². The summed E-state index contributed by atoms with van der Waals surface area (Å²) in [5.74, 6) is -0.109. The third kappa shape index (κ3) is 4.07. The Bertz CT molecular complexity index is 385. The van der Waals surface area contributed by atoms with E-state index in [2.05, 4.69) is 5.32 Å². The summed E-state index contributed by atoms with van der Waals surface area (Å²) in [6.45, 7) is 5.53. The van der Waals surface area contributed by atoms with E-state index in [9.17, 15) is 9.90 Å². The molecule has 0 fully saturated rings. The number of primary amides is 1. The fraction of sp³-hybridized carbons (Fsp3) is 0.462. The summed E-state index contributed by atoms with van der Waals surface area (Å²) in [6.07, 6.45) is 0.775. The van der Waals surface area contributed by atoms with Crippen molar-refractivity contribution >= 4 is 5.91 Å². The van der Waals surface area contributed by atoms with E-state index in [0.29, 0.717) is 0 Å². The van der Waals surface area contributed by atoms with Crippen LogP contribution < -0.4 is 11.1 Å². The van der Waals surface area contributed by atoms with Crippen molar-refractivity contribution in [3.05, 3.63) is 29.8 Å². The van der Waals surface area contributed by atoms with Gasteiger partial charge in [0.25, 0.3) is 0 Å². The van der Waals surface area contributed by atoms with Crippen molar-refractivity contribution in [2.24, 2.45) is 5.73 Å². The minimum absolute atomic E-state index is 0.127. The Morgan fingerprint density at radius 2 is 1.94 bits per heavy atom. The average molecular weight is 236 g/mol. The van der Waals surface area contributed by atoms with Gasteiger partial charge >= 0.3 is 0 Å². The van der Waals surface area contributed by atoms with Crippen LogP contribution in [0.1, 0.15) is 26.3 Å². The predicted molar refractivity (Wildman–Crippen MR) is 67.7 cm³/mol. The average Bonchev–Trinajstić information content (AvgIpc) is 2.20. The monoisotopic (exact) mass is 236 g/mol. The van der Waals surface area contributed by atoms with Crippen LogP contribution in [0.25, 0.3) is 0 Å². The number of rotatable bonds is 5. The van der Waals surface area contributed by atoms with Gasteiger partial charge in [0.15, 0.2) is 0 Å². The Morgan fingerprint density at radius 1 is 1.41 bits per heavy atom. The van der Waals surface area contributed by atoms with E-state index in [-0.39, 0.29) is 17.7 Å². The van der Waals surface area contributed by atoms with Crippen LogP contribution in [0, 0.1) is 0 Å². The molecule has 94 valence electrons. The Morgan fingerprint density at radius 3 is 2.41 bits per heavy atom. The molecule has 0 radical (unpaired) electrons. The van der Waals surface area contributed by atoms with Gasteiger partial charge in [0.1, 0.15) is 5.75 Å². The molecule has 0 aromatic heterocycles. The molecule has 4 nitrogen and oxygen atoms in total. The van der Waals surface area contributed by atoms with Crippen LogP contribution >= 0.6 is 0 Å². The van der Waals surface area contributed by atoms with Crippen molar-refractivity contribution in [2.45, 2.75) is 38.8 Å². The zero-order valence-corrected chi connectivity index (χ0v) is 10.5. The summed E-state index contributed by atoms with van der Waals surface area (Å²) in [5, 5.41) is 12.4. The summed E-state index contributed by atoms with van der Waals surface area (Å²) in [5.41, 5.74) is 5.69. The molecule has 1 rings (SSSR count). The summed E-state index contributed by atoms with van der Waals surface area (Å²) >= 11 is 0. The Kier molecular flexibility index (Phi) is 4.12. The molecule has 0 spiro atoms. The van der Waals surface area contributed by atoms with E-state index in [4.69, 9.17) is 5.73 Å². The molecule has 4 N–H and O–H groups in total. The minimum atomic E-state index is -0.712. The number of amides is 1. The van der Waals surface area contributed by atoms with E-state index < -0.39 is 5.54 Å². The number of carbonyl (C=O) groups is 1. The van der Waals surface area contributed by atoms with Gasteiger partial charge in [-0.1, -0.05) is 12.1 Å². The van der Waals surface area contributed by atoms with Crippen molar-refractivity contribution in [1.29, 1.82) is 0 Å². The maximum Gasteiger partial charge on any atom is 0.237 e. The number of hydrogen-bond donors (Lipinski definition) is 3. The summed E-state index contributed by atoms with van der Waals surface area (Å²) in [6, 6.07) is 7.17.